The minimum Gasteiger partial charge on any atom is -0.393 e. The Hall–Kier alpha value is 0.407. The zero-order chi connectivity index (χ0) is 39.5. The highest BCUT2D eigenvalue weighted by atomic mass is 32.1. The molecule has 0 aliphatic carbocycles. The predicted octanol–water partition coefficient (Wildman–Crippen LogP) is 15.6. The molecule has 4 nitrogen and oxygen atoms in total. The fourth-order valence-electron chi connectivity index (χ4n) is 7.92. The number of thiol groups is 1. The van der Waals surface area contributed by atoms with E-state index in [9.17, 15) is 0 Å². The van der Waals surface area contributed by atoms with Gasteiger partial charge in [-0.2, -0.15) is 12.6 Å². The van der Waals surface area contributed by atoms with Crippen LogP contribution in [0.1, 0.15) is 240 Å². The van der Waals surface area contributed by atoms with Crippen molar-refractivity contribution in [3.63, 3.8) is 0 Å². The second kappa shape index (κ2) is 44.5. The Morgan fingerprint density at radius 2 is 0.574 bits per heavy atom. The fourth-order valence-corrected chi connectivity index (χ4v) is 10.6. The van der Waals surface area contributed by atoms with Gasteiger partial charge in [-0.25, -0.2) is 0 Å². The van der Waals surface area contributed by atoms with Crippen molar-refractivity contribution in [3.8, 4) is 0 Å². The van der Waals surface area contributed by atoms with Gasteiger partial charge >= 0.3 is 8.56 Å². The van der Waals surface area contributed by atoms with E-state index in [0.29, 0.717) is 0 Å². The van der Waals surface area contributed by atoms with E-state index in [-0.39, 0.29) is 0 Å². The predicted molar refractivity (Wildman–Crippen MR) is 250 cm³/mol. The van der Waals surface area contributed by atoms with Crippen molar-refractivity contribution in [1.29, 1.82) is 0 Å². The first-order valence-corrected chi connectivity index (χ1v) is 28.0. The smallest absolute Gasteiger partial charge is 0.335 e. The molecule has 0 unspecified atom stereocenters. The van der Waals surface area contributed by atoms with Crippen LogP contribution < -0.4 is 0 Å². The summed E-state index contributed by atoms with van der Waals surface area (Å²) in [6.45, 7) is 20.3. The molecule has 0 bridgehead atoms. The summed E-state index contributed by atoms with van der Waals surface area (Å²) in [7, 11) is -2.25. The van der Waals surface area contributed by atoms with Crippen molar-refractivity contribution in [2.75, 3.05) is 58.2 Å². The molecule has 326 valence electrons. The molecule has 0 aliphatic heterocycles. The maximum atomic E-state index is 6.84. The minimum absolute atomic E-state index is 0.823. The Kier molecular flexibility index (Phi) is 44.8. The molecule has 0 saturated carbocycles. The van der Waals surface area contributed by atoms with Crippen LogP contribution in [0, 0.1) is 0 Å². The van der Waals surface area contributed by atoms with Crippen LogP contribution in [0.3, 0.4) is 0 Å². The molecular weight excluding hydrogens is 697 g/mol. The summed E-state index contributed by atoms with van der Waals surface area (Å²) in [5.41, 5.74) is 0. The molecule has 0 N–H and O–H groups in total. The summed E-state index contributed by atoms with van der Waals surface area (Å²) in [6.07, 6.45) is 45.7. The third kappa shape index (κ3) is 39.2. The molecule has 0 atom stereocenters. The van der Waals surface area contributed by atoms with E-state index in [4.69, 9.17) is 8.85 Å². The largest absolute Gasteiger partial charge is 0.393 e. The van der Waals surface area contributed by atoms with Gasteiger partial charge in [0.05, 0.1) is 0 Å². The third-order valence-corrected chi connectivity index (χ3v) is 14.9. The van der Waals surface area contributed by atoms with Crippen molar-refractivity contribution in [2.24, 2.45) is 0 Å². The molecule has 0 heterocycles. The third-order valence-electron chi connectivity index (χ3n) is 11.7. The Labute approximate surface area is 348 Å². The highest BCUT2D eigenvalue weighted by molar-refractivity contribution is 7.80. The number of unbranched alkanes of at least 4 members (excludes halogenated alkanes) is 28. The minimum atomic E-state index is -2.25. The first kappa shape index (κ1) is 54.4. The summed E-state index contributed by atoms with van der Waals surface area (Å²) >= 11 is 4.59. The van der Waals surface area contributed by atoms with Crippen LogP contribution in [-0.2, 0) is 8.85 Å². The van der Waals surface area contributed by atoms with Gasteiger partial charge in [-0.1, -0.05) is 207 Å². The average Bonchev–Trinajstić information content (AvgIpc) is 3.17. The average molecular weight is 800 g/mol. The summed E-state index contributed by atoms with van der Waals surface area (Å²) in [6, 6.07) is 1.06. The van der Waals surface area contributed by atoms with Gasteiger partial charge in [0.15, 0.2) is 0 Å². The Balaban J connectivity index is 4.95. The summed E-state index contributed by atoms with van der Waals surface area (Å²) < 4.78 is 13.7. The Morgan fingerprint density at radius 3 is 0.815 bits per heavy atom. The van der Waals surface area contributed by atoms with Crippen molar-refractivity contribution in [3.05, 3.63) is 0 Å². The molecule has 0 aromatic rings. The number of hydrogen-bond acceptors (Lipinski definition) is 5. The van der Waals surface area contributed by atoms with Gasteiger partial charge in [-0.05, 0) is 76.6 Å². The molecule has 0 rings (SSSR count). The van der Waals surface area contributed by atoms with Gasteiger partial charge in [0.1, 0.15) is 0 Å². The van der Waals surface area contributed by atoms with Crippen LogP contribution in [0.5, 0.6) is 0 Å². The lowest BCUT2D eigenvalue weighted by atomic mass is 10.1. The molecule has 6 heteroatoms. The lowest BCUT2D eigenvalue weighted by molar-refractivity contribution is 0.127. The maximum absolute atomic E-state index is 6.84. The van der Waals surface area contributed by atoms with Crippen LogP contribution >= 0.6 is 12.6 Å². The first-order valence-electron chi connectivity index (χ1n) is 24.9. The quantitative estimate of drug-likeness (QED) is 0.0377. The highest BCUT2D eigenvalue weighted by Crippen LogP contribution is 2.19. The molecule has 0 aliphatic rings. The van der Waals surface area contributed by atoms with Crippen molar-refractivity contribution < 1.29 is 8.85 Å². The van der Waals surface area contributed by atoms with Crippen molar-refractivity contribution >= 4 is 21.2 Å². The molecule has 0 saturated heterocycles. The zero-order valence-corrected chi connectivity index (χ0v) is 40.0. The summed E-state index contributed by atoms with van der Waals surface area (Å²) in [5.74, 6) is 0.918. The molecule has 54 heavy (non-hydrogen) atoms. The van der Waals surface area contributed by atoms with E-state index in [0.717, 1.165) is 44.5 Å². The van der Waals surface area contributed by atoms with E-state index in [1.54, 1.807) is 0 Å². The van der Waals surface area contributed by atoms with E-state index >= 15 is 0 Å². The van der Waals surface area contributed by atoms with E-state index in [1.807, 2.05) is 0 Å². The molecule has 0 aromatic carbocycles. The number of nitrogens with zero attached hydrogens (tertiary/aromatic N) is 2. The van der Waals surface area contributed by atoms with Crippen LogP contribution in [0.25, 0.3) is 0 Å². The summed E-state index contributed by atoms with van der Waals surface area (Å²) in [5, 5.41) is 0. The first-order chi connectivity index (χ1) is 26.5. The molecular formula is C48H102N2O2SSi. The van der Waals surface area contributed by atoms with Gasteiger partial charge in [0.2, 0.25) is 0 Å². The number of rotatable bonds is 47. The van der Waals surface area contributed by atoms with E-state index in [2.05, 4.69) is 56.7 Å². The Bertz CT molecular complexity index is 612. The Morgan fingerprint density at radius 1 is 0.333 bits per heavy atom. The summed E-state index contributed by atoms with van der Waals surface area (Å²) in [4.78, 5) is 5.47. The van der Waals surface area contributed by atoms with Gasteiger partial charge in [0.25, 0.3) is 0 Å². The molecule has 0 amide bonds. The molecule has 0 radical (unpaired) electrons. The van der Waals surface area contributed by atoms with Crippen LogP contribution in [0.4, 0.5) is 0 Å². The molecule has 0 spiro atoms. The highest BCUT2D eigenvalue weighted by Gasteiger charge is 2.31. The topological polar surface area (TPSA) is 24.9 Å². The zero-order valence-electron chi connectivity index (χ0n) is 38.1. The molecule has 0 fully saturated rings. The number of hydrogen-bond donors (Lipinski definition) is 1. The SMILES string of the molecule is CCCCCCCCCCN(CCCCCCCCCC)CCO[Si](C)(CCCS)OCCN(CCCCCCCCCC)CCCCCCCCCC. The van der Waals surface area contributed by atoms with Gasteiger partial charge < -0.3 is 18.7 Å². The standard InChI is InChI=1S/C48H102N2O2SSi/c1-6-10-14-18-22-26-30-34-39-49(40-35-31-27-23-19-15-11-7-2)43-45-51-54(5,48-38-47-53)52-46-44-50(41-36-32-28-24-20-16-12-8-3)42-37-33-29-25-21-17-13-9-4/h53H,6-48H2,1-5H3. The second-order valence-corrected chi connectivity index (χ2v) is 21.0. The lowest BCUT2D eigenvalue weighted by Gasteiger charge is -2.31. The second-order valence-electron chi connectivity index (χ2n) is 17.2. The van der Waals surface area contributed by atoms with Crippen LogP contribution in [0.15, 0.2) is 0 Å². The van der Waals surface area contributed by atoms with Crippen LogP contribution in [0.2, 0.25) is 12.6 Å². The monoisotopic (exact) mass is 799 g/mol. The lowest BCUT2D eigenvalue weighted by Crippen LogP contribution is -2.43. The van der Waals surface area contributed by atoms with Crippen molar-refractivity contribution in [2.45, 2.75) is 252 Å². The van der Waals surface area contributed by atoms with E-state index in [1.165, 1.54) is 232 Å². The van der Waals surface area contributed by atoms with Gasteiger partial charge in [0, 0.05) is 26.3 Å². The normalized spacial score (nSPS) is 12.2. The van der Waals surface area contributed by atoms with Crippen LogP contribution in [-0.4, -0.2) is 76.6 Å². The van der Waals surface area contributed by atoms with E-state index < -0.39 is 8.56 Å². The fraction of sp³-hybridized carbons (Fsp3) is 1.00. The van der Waals surface area contributed by atoms with Gasteiger partial charge in [-0.3, -0.25) is 0 Å². The van der Waals surface area contributed by atoms with Gasteiger partial charge in [-0.15, -0.1) is 0 Å². The van der Waals surface area contributed by atoms with Crippen molar-refractivity contribution in [1.82, 2.24) is 9.80 Å². The maximum Gasteiger partial charge on any atom is 0.335 e. The molecule has 0 aromatic heterocycles.